The minimum absolute atomic E-state index is 0.0216. The fourth-order valence-corrected chi connectivity index (χ4v) is 2.19. The summed E-state index contributed by atoms with van der Waals surface area (Å²) in [7, 11) is 0. The predicted octanol–water partition coefficient (Wildman–Crippen LogP) is 2.73. The predicted molar refractivity (Wildman–Crippen MR) is 45.7 cm³/mol. The van der Waals surface area contributed by atoms with Crippen LogP contribution in [0.5, 0.6) is 0 Å². The van der Waals surface area contributed by atoms with Gasteiger partial charge in [-0.2, -0.15) is 0 Å². The van der Waals surface area contributed by atoms with Gasteiger partial charge in [0.15, 0.2) is 0 Å². The van der Waals surface area contributed by atoms with Gasteiger partial charge in [0.25, 0.3) is 0 Å². The third kappa shape index (κ3) is 2.39. The number of hydrogen-bond acceptors (Lipinski definition) is 1. The van der Waals surface area contributed by atoms with Crippen molar-refractivity contribution in [3.05, 3.63) is 0 Å². The highest BCUT2D eigenvalue weighted by Crippen LogP contribution is 2.46. The molecule has 0 saturated heterocycles. The molecule has 0 aromatic carbocycles. The molecule has 3 heteroatoms. The second-order valence-corrected chi connectivity index (χ2v) is 4.73. The quantitative estimate of drug-likeness (QED) is 0.709. The third-order valence-corrected chi connectivity index (χ3v) is 3.33. The lowest BCUT2D eigenvalue weighted by atomic mass is 9.83. The summed E-state index contributed by atoms with van der Waals surface area (Å²) >= 11 is 0. The Kier molecular flexibility index (Phi) is 2.10. The molecule has 2 aliphatic rings. The van der Waals surface area contributed by atoms with Gasteiger partial charge in [0.1, 0.15) is 0 Å². The molecule has 76 valence electrons. The molecule has 0 heterocycles. The smallest absolute Gasteiger partial charge is 0.248 e. The minimum Gasteiger partial charge on any atom is -0.390 e. The van der Waals surface area contributed by atoms with E-state index in [9.17, 15) is 13.9 Å². The summed E-state index contributed by atoms with van der Waals surface area (Å²) in [5.74, 6) is -2.09. The van der Waals surface area contributed by atoms with Crippen LogP contribution < -0.4 is 0 Å². The maximum atomic E-state index is 12.8. The van der Waals surface area contributed by atoms with Crippen molar-refractivity contribution in [2.45, 2.75) is 56.5 Å². The summed E-state index contributed by atoms with van der Waals surface area (Å²) in [6.07, 6.45) is 3.73. The Morgan fingerprint density at radius 2 is 1.62 bits per heavy atom. The zero-order valence-electron chi connectivity index (χ0n) is 7.73. The monoisotopic (exact) mass is 190 g/mol. The van der Waals surface area contributed by atoms with Crippen LogP contribution in [0.3, 0.4) is 0 Å². The van der Waals surface area contributed by atoms with E-state index in [1.807, 2.05) is 0 Å². The first kappa shape index (κ1) is 9.38. The van der Waals surface area contributed by atoms with Crippen LogP contribution in [0.25, 0.3) is 0 Å². The lowest BCUT2D eigenvalue weighted by Gasteiger charge is -2.29. The van der Waals surface area contributed by atoms with Crippen molar-refractivity contribution in [2.75, 3.05) is 0 Å². The Bertz CT molecular complexity index is 189. The summed E-state index contributed by atoms with van der Waals surface area (Å²) < 4.78 is 25.5. The van der Waals surface area contributed by atoms with Crippen molar-refractivity contribution in [1.29, 1.82) is 0 Å². The fourth-order valence-electron chi connectivity index (χ4n) is 2.19. The normalized spacial score (nSPS) is 31.6. The number of aliphatic hydroxyl groups is 1. The highest BCUT2D eigenvalue weighted by molar-refractivity contribution is 4.96. The summed E-state index contributed by atoms with van der Waals surface area (Å²) in [5.41, 5.74) is -0.461. The van der Waals surface area contributed by atoms with Crippen LogP contribution in [-0.4, -0.2) is 16.6 Å². The molecule has 1 nitrogen and oxygen atoms in total. The SMILES string of the molecule is OC1(CC2CCC(F)(F)CC2)CC1. The molecule has 2 fully saturated rings. The molecule has 0 aromatic rings. The topological polar surface area (TPSA) is 20.2 Å². The van der Waals surface area contributed by atoms with Gasteiger partial charge in [-0.3, -0.25) is 0 Å². The van der Waals surface area contributed by atoms with Crippen molar-refractivity contribution in [1.82, 2.24) is 0 Å². The summed E-state index contributed by atoms with van der Waals surface area (Å²) in [6, 6.07) is 0. The van der Waals surface area contributed by atoms with E-state index in [1.165, 1.54) is 0 Å². The number of hydrogen-bond donors (Lipinski definition) is 1. The van der Waals surface area contributed by atoms with Gasteiger partial charge >= 0.3 is 0 Å². The van der Waals surface area contributed by atoms with Gasteiger partial charge in [-0.05, 0) is 38.0 Å². The number of alkyl halides is 2. The average molecular weight is 190 g/mol. The zero-order chi connectivity index (χ0) is 9.53. The first-order valence-electron chi connectivity index (χ1n) is 5.09. The van der Waals surface area contributed by atoms with Gasteiger partial charge in [0.2, 0.25) is 5.92 Å². The van der Waals surface area contributed by atoms with Crippen LogP contribution >= 0.6 is 0 Å². The van der Waals surface area contributed by atoms with Gasteiger partial charge < -0.3 is 5.11 Å². The second-order valence-electron chi connectivity index (χ2n) is 4.73. The molecule has 0 bridgehead atoms. The van der Waals surface area contributed by atoms with E-state index in [4.69, 9.17) is 0 Å². The van der Waals surface area contributed by atoms with Crippen molar-refractivity contribution in [3.63, 3.8) is 0 Å². The molecule has 0 aliphatic heterocycles. The molecule has 0 spiro atoms. The molecule has 0 aromatic heterocycles. The van der Waals surface area contributed by atoms with Crippen LogP contribution in [-0.2, 0) is 0 Å². The highest BCUT2D eigenvalue weighted by Gasteiger charge is 2.44. The van der Waals surface area contributed by atoms with E-state index >= 15 is 0 Å². The molecule has 2 saturated carbocycles. The molecule has 0 atom stereocenters. The molecule has 13 heavy (non-hydrogen) atoms. The Morgan fingerprint density at radius 1 is 1.08 bits per heavy atom. The minimum atomic E-state index is -2.43. The lowest BCUT2D eigenvalue weighted by molar-refractivity contribution is -0.0517. The van der Waals surface area contributed by atoms with Crippen LogP contribution in [0.15, 0.2) is 0 Å². The highest BCUT2D eigenvalue weighted by atomic mass is 19.3. The van der Waals surface area contributed by atoms with Gasteiger partial charge in [-0.1, -0.05) is 0 Å². The molecular weight excluding hydrogens is 174 g/mol. The van der Waals surface area contributed by atoms with Crippen molar-refractivity contribution < 1.29 is 13.9 Å². The Balaban J connectivity index is 1.78. The maximum absolute atomic E-state index is 12.8. The Labute approximate surface area is 77.1 Å². The zero-order valence-corrected chi connectivity index (χ0v) is 7.73. The average Bonchev–Trinajstić information content (AvgIpc) is 2.74. The maximum Gasteiger partial charge on any atom is 0.248 e. The van der Waals surface area contributed by atoms with Crippen molar-refractivity contribution >= 4 is 0 Å². The lowest BCUT2D eigenvalue weighted by Crippen LogP contribution is -2.27. The van der Waals surface area contributed by atoms with Crippen LogP contribution in [0.1, 0.15) is 44.9 Å². The van der Waals surface area contributed by atoms with E-state index in [1.54, 1.807) is 0 Å². The van der Waals surface area contributed by atoms with Crippen LogP contribution in [0.2, 0.25) is 0 Å². The van der Waals surface area contributed by atoms with Gasteiger partial charge in [0.05, 0.1) is 5.60 Å². The molecule has 2 rings (SSSR count). The molecule has 2 aliphatic carbocycles. The van der Waals surface area contributed by atoms with Gasteiger partial charge in [-0.25, -0.2) is 8.78 Å². The van der Waals surface area contributed by atoms with E-state index in [0.29, 0.717) is 18.8 Å². The van der Waals surface area contributed by atoms with Crippen molar-refractivity contribution in [3.8, 4) is 0 Å². The molecule has 0 amide bonds. The standard InChI is InChI=1S/C10H16F2O/c11-10(12)3-1-8(2-4-10)7-9(13)5-6-9/h8,13H,1-7H2. The van der Waals surface area contributed by atoms with E-state index in [2.05, 4.69) is 0 Å². The van der Waals surface area contributed by atoms with Crippen molar-refractivity contribution in [2.24, 2.45) is 5.92 Å². The van der Waals surface area contributed by atoms with Gasteiger partial charge in [0, 0.05) is 12.8 Å². The van der Waals surface area contributed by atoms with Crippen LogP contribution in [0, 0.1) is 5.92 Å². The van der Waals surface area contributed by atoms with E-state index in [0.717, 1.165) is 19.3 Å². The van der Waals surface area contributed by atoms with E-state index in [-0.39, 0.29) is 12.8 Å². The Hall–Kier alpha value is -0.180. The summed E-state index contributed by atoms with van der Waals surface area (Å²) in [6.45, 7) is 0. The first-order chi connectivity index (χ1) is 5.99. The van der Waals surface area contributed by atoms with Crippen LogP contribution in [0.4, 0.5) is 8.78 Å². The fraction of sp³-hybridized carbons (Fsp3) is 1.00. The molecular formula is C10H16F2O. The Morgan fingerprint density at radius 3 is 2.08 bits per heavy atom. The molecule has 0 radical (unpaired) electrons. The van der Waals surface area contributed by atoms with E-state index < -0.39 is 11.5 Å². The number of halogens is 2. The third-order valence-electron chi connectivity index (χ3n) is 3.33. The molecule has 0 unspecified atom stereocenters. The first-order valence-corrected chi connectivity index (χ1v) is 5.09. The second kappa shape index (κ2) is 2.91. The van der Waals surface area contributed by atoms with Gasteiger partial charge in [-0.15, -0.1) is 0 Å². The number of rotatable bonds is 2. The molecule has 1 N–H and O–H groups in total. The summed E-state index contributed by atoms with van der Waals surface area (Å²) in [4.78, 5) is 0. The largest absolute Gasteiger partial charge is 0.390 e. The summed E-state index contributed by atoms with van der Waals surface area (Å²) in [5, 5.41) is 9.62.